The van der Waals surface area contributed by atoms with E-state index >= 15 is 0 Å². The second-order valence-corrected chi connectivity index (χ2v) is 6.47. The third kappa shape index (κ3) is 3.34. The number of aromatic nitrogens is 2. The Balaban J connectivity index is 1.59. The number of carbonyl (C=O) groups excluding carboxylic acids is 2. The maximum absolute atomic E-state index is 12.3. The molecule has 0 bridgehead atoms. The molecule has 7 heteroatoms. The molecule has 1 aliphatic carbocycles. The number of amides is 2. The maximum atomic E-state index is 12.3. The Hall–Kier alpha value is -2.86. The van der Waals surface area contributed by atoms with Crippen LogP contribution in [-0.4, -0.2) is 27.8 Å². The van der Waals surface area contributed by atoms with Crippen molar-refractivity contribution in [3.63, 3.8) is 0 Å². The molecule has 126 valence electrons. The van der Waals surface area contributed by atoms with Crippen LogP contribution in [0.5, 0.6) is 0 Å². The van der Waals surface area contributed by atoms with E-state index < -0.39 is 0 Å². The molecule has 2 heterocycles. The highest BCUT2D eigenvalue weighted by Crippen LogP contribution is 2.23. The Morgan fingerprint density at radius 1 is 1.20 bits per heavy atom. The van der Waals surface area contributed by atoms with E-state index in [0.29, 0.717) is 32.9 Å². The first kappa shape index (κ1) is 15.7. The molecule has 0 radical (unpaired) electrons. The average Bonchev–Trinajstić information content (AvgIpc) is 3.31. The van der Waals surface area contributed by atoms with Gasteiger partial charge in [-0.05, 0) is 37.1 Å². The van der Waals surface area contributed by atoms with Gasteiger partial charge in [0.2, 0.25) is 0 Å². The predicted octanol–water partition coefficient (Wildman–Crippen LogP) is 3.36. The Morgan fingerprint density at radius 2 is 2.04 bits per heavy atom. The summed E-state index contributed by atoms with van der Waals surface area (Å²) in [6, 6.07) is 8.70. The van der Waals surface area contributed by atoms with E-state index in [9.17, 15) is 9.59 Å². The van der Waals surface area contributed by atoms with Crippen molar-refractivity contribution in [1.29, 1.82) is 0 Å². The Labute approximate surface area is 148 Å². The number of hydrogen-bond acceptors (Lipinski definition) is 3. The lowest BCUT2D eigenvalue weighted by Gasteiger charge is -2.06. The topological polar surface area (TPSA) is 86.9 Å². The van der Waals surface area contributed by atoms with Crippen LogP contribution in [0.4, 0.5) is 5.69 Å². The molecule has 1 aromatic carbocycles. The van der Waals surface area contributed by atoms with E-state index in [1.165, 1.54) is 0 Å². The van der Waals surface area contributed by atoms with Crippen molar-refractivity contribution < 1.29 is 9.59 Å². The number of nitrogens with one attached hydrogen (secondary N) is 3. The summed E-state index contributed by atoms with van der Waals surface area (Å²) in [4.78, 5) is 31.9. The van der Waals surface area contributed by atoms with Crippen LogP contribution < -0.4 is 10.6 Å². The van der Waals surface area contributed by atoms with Crippen LogP contribution >= 0.6 is 11.6 Å². The number of halogens is 1. The van der Waals surface area contributed by atoms with E-state index in [4.69, 9.17) is 11.6 Å². The zero-order valence-electron chi connectivity index (χ0n) is 13.2. The zero-order chi connectivity index (χ0) is 17.4. The summed E-state index contributed by atoms with van der Waals surface area (Å²) in [5, 5.41) is 6.89. The van der Waals surface area contributed by atoms with Crippen LogP contribution in [-0.2, 0) is 0 Å². The summed E-state index contributed by atoms with van der Waals surface area (Å²) < 4.78 is 0. The molecule has 6 nitrogen and oxygen atoms in total. The summed E-state index contributed by atoms with van der Waals surface area (Å²) in [6.45, 7) is 0. The van der Waals surface area contributed by atoms with Crippen LogP contribution in [0.1, 0.15) is 33.6 Å². The quantitative estimate of drug-likeness (QED) is 0.671. The first-order chi connectivity index (χ1) is 12.1. The molecule has 3 aromatic rings. The van der Waals surface area contributed by atoms with Gasteiger partial charge in [-0.1, -0.05) is 17.7 Å². The first-order valence-electron chi connectivity index (χ1n) is 7.95. The number of anilines is 1. The molecular formula is C18H15ClN4O2. The van der Waals surface area contributed by atoms with Gasteiger partial charge < -0.3 is 15.6 Å². The molecule has 4 rings (SSSR count). The van der Waals surface area contributed by atoms with Gasteiger partial charge in [0.1, 0.15) is 5.65 Å². The number of H-pyrrole nitrogens is 1. The van der Waals surface area contributed by atoms with Crippen LogP contribution in [0.3, 0.4) is 0 Å². The second-order valence-electron chi connectivity index (χ2n) is 6.03. The number of pyridine rings is 1. The third-order valence-electron chi connectivity index (χ3n) is 4.03. The largest absolute Gasteiger partial charge is 0.349 e. The van der Waals surface area contributed by atoms with Crippen molar-refractivity contribution in [2.24, 2.45) is 0 Å². The monoisotopic (exact) mass is 354 g/mol. The number of benzene rings is 1. The summed E-state index contributed by atoms with van der Waals surface area (Å²) in [5.41, 5.74) is 2.08. The van der Waals surface area contributed by atoms with E-state index in [-0.39, 0.29) is 17.9 Å². The fraction of sp³-hybridized carbons (Fsp3) is 0.167. The minimum absolute atomic E-state index is 0.131. The van der Waals surface area contributed by atoms with E-state index in [0.717, 1.165) is 12.8 Å². The van der Waals surface area contributed by atoms with Crippen molar-refractivity contribution in [1.82, 2.24) is 15.3 Å². The number of rotatable bonds is 4. The zero-order valence-corrected chi connectivity index (χ0v) is 13.9. The van der Waals surface area contributed by atoms with E-state index in [2.05, 4.69) is 20.6 Å². The van der Waals surface area contributed by atoms with E-state index in [1.807, 2.05) is 0 Å². The molecule has 1 fully saturated rings. The van der Waals surface area contributed by atoms with Crippen LogP contribution in [0.15, 0.2) is 42.7 Å². The van der Waals surface area contributed by atoms with Crippen LogP contribution in [0.2, 0.25) is 5.02 Å². The van der Waals surface area contributed by atoms with Gasteiger partial charge >= 0.3 is 0 Å². The highest BCUT2D eigenvalue weighted by Gasteiger charge is 2.25. The molecule has 0 saturated heterocycles. The molecule has 0 spiro atoms. The van der Waals surface area contributed by atoms with Gasteiger partial charge in [0, 0.05) is 28.2 Å². The molecular weight excluding hydrogens is 340 g/mol. The second kappa shape index (κ2) is 6.22. The number of carbonyl (C=O) groups is 2. The molecule has 25 heavy (non-hydrogen) atoms. The lowest BCUT2D eigenvalue weighted by Crippen LogP contribution is -2.25. The van der Waals surface area contributed by atoms with Crippen LogP contribution in [0, 0.1) is 0 Å². The minimum Gasteiger partial charge on any atom is -0.349 e. The minimum atomic E-state index is -0.289. The van der Waals surface area contributed by atoms with Gasteiger partial charge in [-0.3, -0.25) is 9.59 Å². The SMILES string of the molecule is O=C(Nc1cnc2[nH]cc(C(=O)NC3CC3)c2c1)c1cccc(Cl)c1. The van der Waals surface area contributed by atoms with Gasteiger partial charge in [-0.15, -0.1) is 0 Å². The van der Waals surface area contributed by atoms with Gasteiger partial charge in [-0.2, -0.15) is 0 Å². The van der Waals surface area contributed by atoms with Crippen molar-refractivity contribution in [2.75, 3.05) is 5.32 Å². The summed E-state index contributed by atoms with van der Waals surface area (Å²) in [7, 11) is 0. The lowest BCUT2D eigenvalue weighted by atomic mass is 10.2. The molecule has 1 aliphatic rings. The van der Waals surface area contributed by atoms with Crippen molar-refractivity contribution >= 4 is 40.1 Å². The Morgan fingerprint density at radius 3 is 2.80 bits per heavy atom. The van der Waals surface area contributed by atoms with Gasteiger partial charge in [-0.25, -0.2) is 4.98 Å². The van der Waals surface area contributed by atoms with E-state index in [1.54, 1.807) is 42.7 Å². The van der Waals surface area contributed by atoms with Gasteiger partial charge in [0.05, 0.1) is 17.4 Å². The van der Waals surface area contributed by atoms with Gasteiger partial charge in [0.15, 0.2) is 0 Å². The average molecular weight is 355 g/mol. The maximum Gasteiger partial charge on any atom is 0.255 e. The Kier molecular flexibility index (Phi) is 3.89. The fourth-order valence-corrected chi connectivity index (χ4v) is 2.77. The normalized spacial score (nSPS) is 13.6. The molecule has 1 saturated carbocycles. The molecule has 0 unspecified atom stereocenters. The van der Waals surface area contributed by atoms with Crippen molar-refractivity contribution in [3.05, 3.63) is 58.9 Å². The number of hydrogen-bond donors (Lipinski definition) is 3. The highest BCUT2D eigenvalue weighted by atomic mass is 35.5. The highest BCUT2D eigenvalue weighted by molar-refractivity contribution is 6.31. The third-order valence-corrected chi connectivity index (χ3v) is 4.27. The molecule has 2 amide bonds. The summed E-state index contributed by atoms with van der Waals surface area (Å²) in [6.07, 6.45) is 5.22. The number of fused-ring (bicyclic) bond motifs is 1. The first-order valence-corrected chi connectivity index (χ1v) is 8.33. The summed E-state index contributed by atoms with van der Waals surface area (Å²) >= 11 is 5.92. The predicted molar refractivity (Wildman–Crippen MR) is 96.0 cm³/mol. The Bertz CT molecular complexity index is 978. The van der Waals surface area contributed by atoms with Crippen molar-refractivity contribution in [3.8, 4) is 0 Å². The number of nitrogens with zero attached hydrogens (tertiary/aromatic N) is 1. The molecule has 0 atom stereocenters. The summed E-state index contributed by atoms with van der Waals surface area (Å²) in [5.74, 6) is -0.419. The van der Waals surface area contributed by atoms with Crippen LogP contribution in [0.25, 0.3) is 11.0 Å². The van der Waals surface area contributed by atoms with Gasteiger partial charge in [0.25, 0.3) is 11.8 Å². The molecule has 2 aromatic heterocycles. The number of aromatic amines is 1. The lowest BCUT2D eigenvalue weighted by molar-refractivity contribution is 0.0952. The van der Waals surface area contributed by atoms with Crippen molar-refractivity contribution in [2.45, 2.75) is 18.9 Å². The standard InChI is InChI=1S/C18H15ClN4O2/c19-11-3-1-2-10(6-11)17(24)23-13-7-14-15(9-21-16(14)20-8-13)18(25)22-12-4-5-12/h1-3,6-9,12H,4-5H2,(H,20,21)(H,22,25)(H,23,24). The molecule has 3 N–H and O–H groups in total. The smallest absolute Gasteiger partial charge is 0.255 e. The molecule has 0 aliphatic heterocycles. The fourth-order valence-electron chi connectivity index (χ4n) is 2.58.